The van der Waals surface area contributed by atoms with Crippen LogP contribution in [0.2, 0.25) is 10.0 Å². The zero-order chi connectivity index (χ0) is 12.3. The van der Waals surface area contributed by atoms with Crippen molar-refractivity contribution in [3.63, 3.8) is 0 Å². The Balaban J connectivity index is 1.77. The topological polar surface area (TPSA) is 41.5 Å². The maximum absolute atomic E-state index is 9.68. The lowest BCUT2D eigenvalue weighted by atomic mass is 10.3. The van der Waals surface area contributed by atoms with E-state index in [0.717, 1.165) is 0 Å². The van der Waals surface area contributed by atoms with E-state index in [0.29, 0.717) is 28.4 Å². The zero-order valence-corrected chi connectivity index (χ0v) is 10.8. The number of aliphatic hydroxyl groups is 1. The highest BCUT2D eigenvalue weighted by molar-refractivity contribution is 6.34. The van der Waals surface area contributed by atoms with Crippen LogP contribution in [0.4, 0.5) is 0 Å². The van der Waals surface area contributed by atoms with E-state index in [1.54, 1.807) is 18.2 Å². The van der Waals surface area contributed by atoms with Crippen molar-refractivity contribution in [1.82, 2.24) is 5.32 Å². The molecule has 1 saturated carbocycles. The van der Waals surface area contributed by atoms with Gasteiger partial charge in [0, 0.05) is 23.7 Å². The van der Waals surface area contributed by atoms with Gasteiger partial charge >= 0.3 is 0 Å². The minimum Gasteiger partial charge on any atom is -0.489 e. The maximum atomic E-state index is 9.68. The van der Waals surface area contributed by atoms with E-state index in [-0.39, 0.29) is 6.61 Å². The monoisotopic (exact) mass is 275 g/mol. The second-order valence-corrected chi connectivity index (χ2v) is 5.07. The van der Waals surface area contributed by atoms with Crippen molar-refractivity contribution in [2.45, 2.75) is 25.0 Å². The summed E-state index contributed by atoms with van der Waals surface area (Å²) in [7, 11) is 0. The van der Waals surface area contributed by atoms with Crippen LogP contribution >= 0.6 is 23.2 Å². The zero-order valence-electron chi connectivity index (χ0n) is 9.33. The summed E-state index contributed by atoms with van der Waals surface area (Å²) < 4.78 is 5.43. The Labute approximate surface area is 111 Å². The van der Waals surface area contributed by atoms with Crippen molar-refractivity contribution >= 4 is 23.2 Å². The number of halogens is 2. The van der Waals surface area contributed by atoms with Gasteiger partial charge in [-0.3, -0.25) is 0 Å². The van der Waals surface area contributed by atoms with Crippen LogP contribution in [0.3, 0.4) is 0 Å². The SMILES string of the molecule is OC(CNC1CC1)COc1cc(Cl)ccc1Cl. The van der Waals surface area contributed by atoms with Gasteiger partial charge in [0.25, 0.3) is 0 Å². The van der Waals surface area contributed by atoms with Gasteiger partial charge in [0.05, 0.1) is 5.02 Å². The van der Waals surface area contributed by atoms with Crippen molar-refractivity contribution in [2.24, 2.45) is 0 Å². The number of nitrogens with one attached hydrogen (secondary N) is 1. The molecule has 2 N–H and O–H groups in total. The lowest BCUT2D eigenvalue weighted by Gasteiger charge is -2.13. The third-order valence-corrected chi connectivity index (χ3v) is 3.09. The Kier molecular flexibility index (Phi) is 4.51. The molecule has 94 valence electrons. The van der Waals surface area contributed by atoms with Crippen LogP contribution in [0.15, 0.2) is 18.2 Å². The van der Waals surface area contributed by atoms with Crippen LogP contribution in [-0.4, -0.2) is 30.4 Å². The molecule has 17 heavy (non-hydrogen) atoms. The number of aliphatic hydroxyl groups excluding tert-OH is 1. The summed E-state index contributed by atoms with van der Waals surface area (Å²) in [5.74, 6) is 0.504. The summed E-state index contributed by atoms with van der Waals surface area (Å²) in [5.41, 5.74) is 0. The Bertz CT molecular complexity index is 383. The van der Waals surface area contributed by atoms with Crippen LogP contribution in [0.25, 0.3) is 0 Å². The van der Waals surface area contributed by atoms with Gasteiger partial charge in [-0.05, 0) is 25.0 Å². The summed E-state index contributed by atoms with van der Waals surface area (Å²) in [6.45, 7) is 0.753. The van der Waals surface area contributed by atoms with Crippen molar-refractivity contribution in [3.05, 3.63) is 28.2 Å². The Hall–Kier alpha value is -0.480. The number of hydrogen-bond donors (Lipinski definition) is 2. The molecule has 1 aliphatic rings. The summed E-state index contributed by atoms with van der Waals surface area (Å²) in [6.07, 6.45) is 1.87. The smallest absolute Gasteiger partial charge is 0.139 e. The van der Waals surface area contributed by atoms with E-state index in [2.05, 4.69) is 5.32 Å². The Morgan fingerprint density at radius 2 is 2.18 bits per heavy atom. The van der Waals surface area contributed by atoms with Crippen molar-refractivity contribution in [1.29, 1.82) is 0 Å². The molecule has 0 radical (unpaired) electrons. The van der Waals surface area contributed by atoms with Crippen LogP contribution in [0, 0.1) is 0 Å². The van der Waals surface area contributed by atoms with Gasteiger partial charge in [0.15, 0.2) is 0 Å². The molecule has 0 aromatic heterocycles. The normalized spacial score (nSPS) is 16.9. The standard InChI is InChI=1S/C12H15Cl2NO2/c13-8-1-4-11(14)12(5-8)17-7-10(16)6-15-9-2-3-9/h1,4-5,9-10,15-16H,2-3,6-7H2. The molecule has 1 unspecified atom stereocenters. The largest absolute Gasteiger partial charge is 0.489 e. The number of hydrogen-bond acceptors (Lipinski definition) is 3. The molecule has 0 amide bonds. The highest BCUT2D eigenvalue weighted by Gasteiger charge is 2.21. The molecule has 1 atom stereocenters. The minimum atomic E-state index is -0.536. The highest BCUT2D eigenvalue weighted by Crippen LogP contribution is 2.27. The molecule has 3 nitrogen and oxygen atoms in total. The highest BCUT2D eigenvalue weighted by atomic mass is 35.5. The first-order valence-electron chi connectivity index (χ1n) is 5.64. The summed E-state index contributed by atoms with van der Waals surface area (Å²) in [6, 6.07) is 5.60. The lowest BCUT2D eigenvalue weighted by Crippen LogP contribution is -2.32. The van der Waals surface area contributed by atoms with Gasteiger partial charge in [0.1, 0.15) is 18.5 Å². The molecular weight excluding hydrogens is 261 g/mol. The van der Waals surface area contributed by atoms with Crippen LogP contribution < -0.4 is 10.1 Å². The van der Waals surface area contributed by atoms with Crippen LogP contribution in [-0.2, 0) is 0 Å². The molecule has 0 aliphatic heterocycles. The molecule has 0 saturated heterocycles. The van der Waals surface area contributed by atoms with Crippen LogP contribution in [0.1, 0.15) is 12.8 Å². The van der Waals surface area contributed by atoms with Gasteiger partial charge in [0.2, 0.25) is 0 Å². The summed E-state index contributed by atoms with van der Waals surface area (Å²) in [5, 5.41) is 14.0. The van der Waals surface area contributed by atoms with Gasteiger partial charge in [-0.2, -0.15) is 0 Å². The van der Waals surface area contributed by atoms with Crippen molar-refractivity contribution < 1.29 is 9.84 Å². The first-order chi connectivity index (χ1) is 8.15. The average molecular weight is 276 g/mol. The molecular formula is C12H15Cl2NO2. The third kappa shape index (κ3) is 4.36. The number of benzene rings is 1. The van der Waals surface area contributed by atoms with Crippen molar-refractivity contribution in [3.8, 4) is 5.75 Å². The quantitative estimate of drug-likeness (QED) is 0.838. The molecule has 1 fully saturated rings. The van der Waals surface area contributed by atoms with E-state index in [4.69, 9.17) is 27.9 Å². The number of rotatable bonds is 6. The van der Waals surface area contributed by atoms with Crippen molar-refractivity contribution in [2.75, 3.05) is 13.2 Å². The van der Waals surface area contributed by atoms with E-state index >= 15 is 0 Å². The predicted molar refractivity (Wildman–Crippen MR) is 69.0 cm³/mol. The van der Waals surface area contributed by atoms with Crippen LogP contribution in [0.5, 0.6) is 5.75 Å². The second kappa shape index (κ2) is 5.91. The van der Waals surface area contributed by atoms with Gasteiger partial charge in [-0.25, -0.2) is 0 Å². The fourth-order valence-corrected chi connectivity index (χ4v) is 1.76. The van der Waals surface area contributed by atoms with E-state index in [1.165, 1.54) is 12.8 Å². The average Bonchev–Trinajstić information content (AvgIpc) is 3.11. The molecule has 1 aromatic carbocycles. The fourth-order valence-electron chi connectivity index (χ4n) is 1.42. The molecule has 1 aromatic rings. The first-order valence-corrected chi connectivity index (χ1v) is 6.40. The summed E-state index contributed by atoms with van der Waals surface area (Å²) in [4.78, 5) is 0. The molecule has 0 heterocycles. The molecule has 2 rings (SSSR count). The Morgan fingerprint density at radius 1 is 1.41 bits per heavy atom. The molecule has 0 spiro atoms. The van der Waals surface area contributed by atoms with E-state index in [9.17, 15) is 5.11 Å². The van der Waals surface area contributed by atoms with Gasteiger partial charge in [-0.1, -0.05) is 23.2 Å². The Morgan fingerprint density at radius 3 is 2.88 bits per heavy atom. The number of ether oxygens (including phenoxy) is 1. The molecule has 0 bridgehead atoms. The minimum absolute atomic E-state index is 0.208. The second-order valence-electron chi connectivity index (χ2n) is 4.22. The van der Waals surface area contributed by atoms with Gasteiger partial charge in [-0.15, -0.1) is 0 Å². The maximum Gasteiger partial charge on any atom is 0.139 e. The lowest BCUT2D eigenvalue weighted by molar-refractivity contribution is 0.106. The molecule has 1 aliphatic carbocycles. The third-order valence-electron chi connectivity index (χ3n) is 2.54. The fraction of sp³-hybridized carbons (Fsp3) is 0.500. The molecule has 5 heteroatoms. The predicted octanol–water partition coefficient (Wildman–Crippen LogP) is 2.49. The van der Waals surface area contributed by atoms with E-state index in [1.807, 2.05) is 0 Å². The van der Waals surface area contributed by atoms with E-state index < -0.39 is 6.10 Å². The summed E-state index contributed by atoms with van der Waals surface area (Å²) >= 11 is 11.8. The van der Waals surface area contributed by atoms with Gasteiger partial charge < -0.3 is 15.2 Å². The first kappa shape index (κ1) is 13.0.